The lowest BCUT2D eigenvalue weighted by Gasteiger charge is -2.32. The largest absolute Gasteiger partial charge is 0.487 e. The van der Waals surface area contributed by atoms with E-state index in [0.29, 0.717) is 5.56 Å². The third-order valence-corrected chi connectivity index (χ3v) is 3.61. The van der Waals surface area contributed by atoms with Gasteiger partial charge in [0.05, 0.1) is 11.2 Å². The molecule has 0 saturated carbocycles. The van der Waals surface area contributed by atoms with E-state index in [0.717, 1.165) is 0 Å². The third-order valence-electron chi connectivity index (χ3n) is 3.61. The Labute approximate surface area is 108 Å². The first-order chi connectivity index (χ1) is 8.32. The van der Waals surface area contributed by atoms with Crippen LogP contribution in [0.4, 0.5) is 4.39 Å². The monoisotopic (exact) mass is 248 g/mol. The Morgan fingerprint density at radius 2 is 1.61 bits per heavy atom. The van der Waals surface area contributed by atoms with Crippen molar-refractivity contribution < 1.29 is 13.7 Å². The predicted octanol–water partition coefficient (Wildman–Crippen LogP) is 3.47. The van der Waals surface area contributed by atoms with Gasteiger partial charge in [-0.15, -0.1) is 0 Å². The molecule has 1 heterocycles. The lowest BCUT2D eigenvalue weighted by atomic mass is 9.89. The van der Waals surface area contributed by atoms with E-state index >= 15 is 0 Å². The van der Waals surface area contributed by atoms with Gasteiger partial charge in [0, 0.05) is 5.56 Å². The van der Waals surface area contributed by atoms with Crippen LogP contribution in [0.1, 0.15) is 33.3 Å². The van der Waals surface area contributed by atoms with Gasteiger partial charge in [0.25, 0.3) is 0 Å². The molecule has 0 unspecified atom stereocenters. The summed E-state index contributed by atoms with van der Waals surface area (Å²) in [5, 5.41) is 0. The van der Waals surface area contributed by atoms with Crippen molar-refractivity contribution in [2.45, 2.75) is 38.9 Å². The summed E-state index contributed by atoms with van der Waals surface area (Å²) in [5.74, 6) is 1.50. The van der Waals surface area contributed by atoms with Crippen LogP contribution < -0.4 is 0 Å². The van der Waals surface area contributed by atoms with Gasteiger partial charge in [0.15, 0.2) is 0 Å². The Kier molecular flexibility index (Phi) is 3.34. The molecule has 18 heavy (non-hydrogen) atoms. The van der Waals surface area contributed by atoms with E-state index in [1.54, 1.807) is 30.3 Å². The second kappa shape index (κ2) is 4.52. The minimum atomic E-state index is -0.436. The van der Waals surface area contributed by atoms with Crippen molar-refractivity contribution in [3.8, 4) is 0 Å². The van der Waals surface area contributed by atoms with Crippen molar-refractivity contribution in [1.29, 1.82) is 0 Å². The highest BCUT2D eigenvalue weighted by Gasteiger charge is 2.49. The summed E-state index contributed by atoms with van der Waals surface area (Å²) in [7, 11) is -0.436. The number of rotatable bonds is 2. The van der Waals surface area contributed by atoms with E-state index in [9.17, 15) is 4.39 Å². The van der Waals surface area contributed by atoms with Crippen molar-refractivity contribution in [2.75, 3.05) is 0 Å². The molecule has 1 aliphatic rings. The standard InChI is InChI=1S/C14H18BFO2/c1-13(2)14(3,4)18-15(17-13)10-9-11-7-5-6-8-12(11)16/h5-10H,1-4H3/b10-9-. The molecule has 1 fully saturated rings. The molecule has 0 aromatic heterocycles. The molecule has 1 saturated heterocycles. The Bertz CT molecular complexity index is 453. The highest BCUT2D eigenvalue weighted by atomic mass is 19.1. The summed E-state index contributed by atoms with van der Waals surface area (Å²) < 4.78 is 25.0. The SMILES string of the molecule is CC1(C)OB(/C=C\c2ccccc2F)OC1(C)C. The van der Waals surface area contributed by atoms with Gasteiger partial charge in [-0.1, -0.05) is 30.3 Å². The van der Waals surface area contributed by atoms with Gasteiger partial charge in [0.1, 0.15) is 5.82 Å². The Balaban J connectivity index is 2.11. The highest BCUT2D eigenvalue weighted by Crippen LogP contribution is 2.37. The average molecular weight is 248 g/mol. The zero-order chi connectivity index (χ0) is 13.4. The van der Waals surface area contributed by atoms with E-state index in [-0.39, 0.29) is 17.0 Å². The van der Waals surface area contributed by atoms with Crippen molar-refractivity contribution in [3.05, 3.63) is 41.6 Å². The molecule has 0 atom stereocenters. The first-order valence-corrected chi connectivity index (χ1v) is 6.10. The van der Waals surface area contributed by atoms with Crippen molar-refractivity contribution >= 4 is 13.2 Å². The molecule has 0 bridgehead atoms. The summed E-state index contributed by atoms with van der Waals surface area (Å²) in [4.78, 5) is 0. The van der Waals surface area contributed by atoms with Gasteiger partial charge in [-0.05, 0) is 33.8 Å². The fraction of sp³-hybridized carbons (Fsp3) is 0.429. The summed E-state index contributed by atoms with van der Waals surface area (Å²) in [6.45, 7) is 7.96. The molecule has 2 nitrogen and oxygen atoms in total. The minimum absolute atomic E-state index is 0.245. The highest BCUT2D eigenvalue weighted by molar-refractivity contribution is 6.52. The first kappa shape index (κ1) is 13.3. The molecular weight excluding hydrogens is 230 g/mol. The Morgan fingerprint density at radius 3 is 2.17 bits per heavy atom. The van der Waals surface area contributed by atoms with Gasteiger partial charge in [-0.3, -0.25) is 0 Å². The molecule has 2 rings (SSSR count). The van der Waals surface area contributed by atoms with E-state index in [1.807, 2.05) is 27.7 Å². The average Bonchev–Trinajstić information content (AvgIpc) is 2.46. The Hall–Kier alpha value is -1.13. The molecule has 1 aliphatic heterocycles. The number of halogens is 1. The van der Waals surface area contributed by atoms with Crippen LogP contribution in [-0.2, 0) is 9.31 Å². The molecular formula is C14H18BFO2. The molecule has 0 N–H and O–H groups in total. The smallest absolute Gasteiger partial charge is 0.400 e. The fourth-order valence-corrected chi connectivity index (χ4v) is 1.76. The van der Waals surface area contributed by atoms with Crippen LogP contribution in [0.3, 0.4) is 0 Å². The van der Waals surface area contributed by atoms with Crippen LogP contribution in [0.2, 0.25) is 0 Å². The van der Waals surface area contributed by atoms with Gasteiger partial charge in [-0.25, -0.2) is 4.39 Å². The summed E-state index contributed by atoms with van der Waals surface area (Å²) in [6, 6.07) is 6.62. The van der Waals surface area contributed by atoms with Crippen LogP contribution in [0, 0.1) is 5.82 Å². The lowest BCUT2D eigenvalue weighted by molar-refractivity contribution is 0.00578. The molecule has 0 spiro atoms. The van der Waals surface area contributed by atoms with E-state index in [2.05, 4.69) is 0 Å². The van der Waals surface area contributed by atoms with Gasteiger partial charge < -0.3 is 9.31 Å². The van der Waals surface area contributed by atoms with Gasteiger partial charge >= 0.3 is 7.12 Å². The zero-order valence-electron chi connectivity index (χ0n) is 11.2. The molecule has 1 aromatic carbocycles. The fourth-order valence-electron chi connectivity index (χ4n) is 1.76. The molecule has 96 valence electrons. The molecule has 0 amide bonds. The number of hydrogen-bond donors (Lipinski definition) is 0. The van der Waals surface area contributed by atoms with E-state index in [1.165, 1.54) is 6.07 Å². The first-order valence-electron chi connectivity index (χ1n) is 6.10. The third kappa shape index (κ3) is 2.50. The van der Waals surface area contributed by atoms with Crippen molar-refractivity contribution in [2.24, 2.45) is 0 Å². The van der Waals surface area contributed by atoms with Crippen molar-refractivity contribution in [3.63, 3.8) is 0 Å². The molecule has 1 aromatic rings. The zero-order valence-corrected chi connectivity index (χ0v) is 11.2. The van der Waals surface area contributed by atoms with Crippen molar-refractivity contribution in [1.82, 2.24) is 0 Å². The molecule has 0 aliphatic carbocycles. The summed E-state index contributed by atoms with van der Waals surface area (Å²) in [5.41, 5.74) is -0.193. The predicted molar refractivity (Wildman–Crippen MR) is 71.5 cm³/mol. The quantitative estimate of drug-likeness (QED) is 0.746. The number of hydrogen-bond acceptors (Lipinski definition) is 2. The topological polar surface area (TPSA) is 18.5 Å². The maximum Gasteiger partial charge on any atom is 0.487 e. The molecule has 0 radical (unpaired) electrons. The molecule has 4 heteroatoms. The summed E-state index contributed by atoms with van der Waals surface area (Å²) in [6.07, 6.45) is 1.69. The minimum Gasteiger partial charge on any atom is -0.400 e. The Morgan fingerprint density at radius 1 is 1.06 bits per heavy atom. The van der Waals surface area contributed by atoms with Crippen LogP contribution in [0.25, 0.3) is 6.08 Å². The van der Waals surface area contributed by atoms with E-state index < -0.39 is 7.12 Å². The van der Waals surface area contributed by atoms with Crippen LogP contribution in [-0.4, -0.2) is 18.3 Å². The second-order valence-corrected chi connectivity index (χ2v) is 5.51. The second-order valence-electron chi connectivity index (χ2n) is 5.51. The van der Waals surface area contributed by atoms with Gasteiger partial charge in [-0.2, -0.15) is 0 Å². The van der Waals surface area contributed by atoms with Crippen LogP contribution >= 0.6 is 0 Å². The van der Waals surface area contributed by atoms with E-state index in [4.69, 9.17) is 9.31 Å². The summed E-state index contributed by atoms with van der Waals surface area (Å²) >= 11 is 0. The normalized spacial score (nSPS) is 21.7. The maximum atomic E-state index is 13.4. The lowest BCUT2D eigenvalue weighted by Crippen LogP contribution is -2.41. The van der Waals surface area contributed by atoms with Crippen LogP contribution in [0.15, 0.2) is 30.2 Å². The van der Waals surface area contributed by atoms with Crippen LogP contribution in [0.5, 0.6) is 0 Å². The number of benzene rings is 1. The van der Waals surface area contributed by atoms with Gasteiger partial charge in [0.2, 0.25) is 0 Å². The maximum absolute atomic E-state index is 13.4.